The lowest BCUT2D eigenvalue weighted by atomic mass is 10.0. The van der Waals surface area contributed by atoms with Gasteiger partial charge in [0.15, 0.2) is 0 Å². The van der Waals surface area contributed by atoms with Crippen molar-refractivity contribution in [3.05, 3.63) is 12.2 Å². The number of nitrogens with two attached hydrogens (primary N) is 1. The number of amides is 1. The SMILES string of the molecule is CCC=CCCCC(C)C(N)=O. The minimum Gasteiger partial charge on any atom is -0.369 e. The summed E-state index contributed by atoms with van der Waals surface area (Å²) in [6.45, 7) is 3.99. The first-order valence-electron chi connectivity index (χ1n) is 4.62. The summed E-state index contributed by atoms with van der Waals surface area (Å²) in [5.74, 6) is -0.158. The average Bonchev–Trinajstić information content (AvgIpc) is 2.03. The van der Waals surface area contributed by atoms with Crippen LogP contribution in [-0.4, -0.2) is 5.91 Å². The number of unbranched alkanes of at least 4 members (excludes halogenated alkanes) is 1. The van der Waals surface area contributed by atoms with E-state index < -0.39 is 0 Å². The van der Waals surface area contributed by atoms with Crippen LogP contribution in [0.2, 0.25) is 0 Å². The fraction of sp³-hybridized carbons (Fsp3) is 0.700. The van der Waals surface area contributed by atoms with Crippen LogP contribution in [0.4, 0.5) is 0 Å². The van der Waals surface area contributed by atoms with Gasteiger partial charge in [0.1, 0.15) is 0 Å². The Balaban J connectivity index is 3.31. The van der Waals surface area contributed by atoms with Gasteiger partial charge in [-0.1, -0.05) is 26.0 Å². The van der Waals surface area contributed by atoms with Gasteiger partial charge in [-0.05, 0) is 25.7 Å². The predicted molar refractivity (Wildman–Crippen MR) is 51.6 cm³/mol. The number of primary amides is 1. The van der Waals surface area contributed by atoms with Crippen LogP contribution in [0.15, 0.2) is 12.2 Å². The Bertz CT molecular complexity index is 152. The molecule has 0 bridgehead atoms. The van der Waals surface area contributed by atoms with Crippen molar-refractivity contribution in [2.45, 2.75) is 39.5 Å². The van der Waals surface area contributed by atoms with Crippen LogP contribution in [0.3, 0.4) is 0 Å². The maximum atomic E-state index is 10.6. The monoisotopic (exact) mass is 169 g/mol. The van der Waals surface area contributed by atoms with E-state index in [1.807, 2.05) is 6.92 Å². The third-order valence-electron chi connectivity index (χ3n) is 1.90. The molecule has 2 heteroatoms. The van der Waals surface area contributed by atoms with E-state index in [2.05, 4.69) is 19.1 Å². The second kappa shape index (κ2) is 6.89. The number of carbonyl (C=O) groups is 1. The van der Waals surface area contributed by atoms with Crippen molar-refractivity contribution in [1.82, 2.24) is 0 Å². The summed E-state index contributed by atoms with van der Waals surface area (Å²) in [5, 5.41) is 0. The summed E-state index contributed by atoms with van der Waals surface area (Å²) in [5.41, 5.74) is 5.12. The molecule has 0 fully saturated rings. The van der Waals surface area contributed by atoms with Gasteiger partial charge in [-0.2, -0.15) is 0 Å². The van der Waals surface area contributed by atoms with Crippen molar-refractivity contribution in [2.24, 2.45) is 11.7 Å². The van der Waals surface area contributed by atoms with Crippen molar-refractivity contribution in [3.8, 4) is 0 Å². The first-order valence-corrected chi connectivity index (χ1v) is 4.62. The minimum absolute atomic E-state index is 0.0278. The van der Waals surface area contributed by atoms with Gasteiger partial charge in [-0.3, -0.25) is 4.79 Å². The lowest BCUT2D eigenvalue weighted by Gasteiger charge is -2.03. The van der Waals surface area contributed by atoms with Gasteiger partial charge in [0, 0.05) is 5.92 Å². The van der Waals surface area contributed by atoms with Crippen molar-refractivity contribution >= 4 is 5.91 Å². The molecule has 0 heterocycles. The molecule has 1 atom stereocenters. The highest BCUT2D eigenvalue weighted by Gasteiger charge is 2.06. The lowest BCUT2D eigenvalue weighted by Crippen LogP contribution is -2.20. The second-order valence-electron chi connectivity index (χ2n) is 3.11. The molecule has 0 saturated carbocycles. The molecule has 0 saturated heterocycles. The van der Waals surface area contributed by atoms with Crippen molar-refractivity contribution < 1.29 is 4.79 Å². The van der Waals surface area contributed by atoms with Crippen LogP contribution in [0.25, 0.3) is 0 Å². The van der Waals surface area contributed by atoms with Gasteiger partial charge in [-0.15, -0.1) is 0 Å². The smallest absolute Gasteiger partial charge is 0.220 e. The summed E-state index contributed by atoms with van der Waals surface area (Å²) in [6, 6.07) is 0. The Morgan fingerprint density at radius 3 is 2.67 bits per heavy atom. The van der Waals surface area contributed by atoms with Gasteiger partial charge < -0.3 is 5.73 Å². The molecule has 0 rings (SSSR count). The number of allylic oxidation sites excluding steroid dienone is 2. The fourth-order valence-electron chi connectivity index (χ4n) is 0.969. The van der Waals surface area contributed by atoms with Crippen molar-refractivity contribution in [2.75, 3.05) is 0 Å². The number of hydrogen-bond donors (Lipinski definition) is 1. The van der Waals surface area contributed by atoms with E-state index in [-0.39, 0.29) is 11.8 Å². The van der Waals surface area contributed by atoms with E-state index in [9.17, 15) is 4.79 Å². The molecule has 0 aliphatic heterocycles. The van der Waals surface area contributed by atoms with Crippen LogP contribution in [-0.2, 0) is 4.79 Å². The highest BCUT2D eigenvalue weighted by atomic mass is 16.1. The van der Waals surface area contributed by atoms with Crippen LogP contribution in [0.1, 0.15) is 39.5 Å². The summed E-state index contributed by atoms with van der Waals surface area (Å²) >= 11 is 0. The maximum Gasteiger partial charge on any atom is 0.220 e. The fourth-order valence-corrected chi connectivity index (χ4v) is 0.969. The van der Waals surface area contributed by atoms with Crippen LogP contribution < -0.4 is 5.73 Å². The molecule has 70 valence electrons. The summed E-state index contributed by atoms with van der Waals surface area (Å²) in [7, 11) is 0. The van der Waals surface area contributed by atoms with Gasteiger partial charge in [0.2, 0.25) is 5.91 Å². The summed E-state index contributed by atoms with van der Waals surface area (Å²) < 4.78 is 0. The largest absolute Gasteiger partial charge is 0.369 e. The standard InChI is InChI=1S/C10H19NO/c1-3-4-5-6-7-8-9(2)10(11)12/h4-5,9H,3,6-8H2,1-2H3,(H2,11,12). The average molecular weight is 169 g/mol. The highest BCUT2D eigenvalue weighted by molar-refractivity contribution is 5.76. The minimum atomic E-state index is -0.186. The molecule has 0 aromatic carbocycles. The molecule has 0 aliphatic carbocycles. The molecule has 0 radical (unpaired) electrons. The molecule has 2 nitrogen and oxygen atoms in total. The van der Waals surface area contributed by atoms with Gasteiger partial charge >= 0.3 is 0 Å². The quantitative estimate of drug-likeness (QED) is 0.481. The molecule has 0 aromatic rings. The van der Waals surface area contributed by atoms with Crippen molar-refractivity contribution in [3.63, 3.8) is 0 Å². The summed E-state index contributed by atoms with van der Waals surface area (Å²) in [6.07, 6.45) is 8.42. The third-order valence-corrected chi connectivity index (χ3v) is 1.90. The molecular formula is C10H19NO. The third kappa shape index (κ3) is 5.96. The van der Waals surface area contributed by atoms with Gasteiger partial charge in [-0.25, -0.2) is 0 Å². The van der Waals surface area contributed by atoms with Crippen LogP contribution in [0.5, 0.6) is 0 Å². The topological polar surface area (TPSA) is 43.1 Å². The number of hydrogen-bond acceptors (Lipinski definition) is 1. The Hall–Kier alpha value is -0.790. The van der Waals surface area contributed by atoms with E-state index in [1.54, 1.807) is 0 Å². The highest BCUT2D eigenvalue weighted by Crippen LogP contribution is 2.07. The Kier molecular flexibility index (Phi) is 6.44. The molecule has 12 heavy (non-hydrogen) atoms. The predicted octanol–water partition coefficient (Wildman–Crippen LogP) is 2.24. The molecular weight excluding hydrogens is 150 g/mol. The Labute approximate surface area is 74.8 Å². The molecule has 0 aromatic heterocycles. The zero-order chi connectivity index (χ0) is 9.40. The van der Waals surface area contributed by atoms with E-state index >= 15 is 0 Å². The molecule has 2 N–H and O–H groups in total. The van der Waals surface area contributed by atoms with E-state index in [4.69, 9.17) is 5.73 Å². The molecule has 1 amide bonds. The summed E-state index contributed by atoms with van der Waals surface area (Å²) in [4.78, 5) is 10.6. The lowest BCUT2D eigenvalue weighted by molar-refractivity contribution is -0.121. The Morgan fingerprint density at radius 1 is 1.50 bits per heavy atom. The van der Waals surface area contributed by atoms with Crippen LogP contribution in [0, 0.1) is 5.92 Å². The molecule has 1 unspecified atom stereocenters. The zero-order valence-electron chi connectivity index (χ0n) is 8.05. The molecule has 0 aliphatic rings. The zero-order valence-corrected chi connectivity index (χ0v) is 8.05. The normalized spacial score (nSPS) is 13.5. The van der Waals surface area contributed by atoms with E-state index in [0.29, 0.717) is 0 Å². The number of rotatable bonds is 6. The second-order valence-corrected chi connectivity index (χ2v) is 3.11. The van der Waals surface area contributed by atoms with Crippen molar-refractivity contribution in [1.29, 1.82) is 0 Å². The van der Waals surface area contributed by atoms with E-state index in [0.717, 1.165) is 25.7 Å². The van der Waals surface area contributed by atoms with Gasteiger partial charge in [0.05, 0.1) is 0 Å². The maximum absolute atomic E-state index is 10.6. The number of carbonyl (C=O) groups excluding carboxylic acids is 1. The van der Waals surface area contributed by atoms with E-state index in [1.165, 1.54) is 0 Å². The first kappa shape index (κ1) is 11.2. The van der Waals surface area contributed by atoms with Gasteiger partial charge in [0.25, 0.3) is 0 Å². The Morgan fingerprint density at radius 2 is 2.17 bits per heavy atom. The molecule has 0 spiro atoms. The first-order chi connectivity index (χ1) is 5.68. The van der Waals surface area contributed by atoms with Crippen LogP contribution >= 0.6 is 0 Å².